The summed E-state index contributed by atoms with van der Waals surface area (Å²) in [6, 6.07) is 3.78. The monoisotopic (exact) mass is 277 g/mol. The molecule has 1 fully saturated rings. The van der Waals surface area contributed by atoms with Crippen molar-refractivity contribution in [3.05, 3.63) is 27.2 Å². The Hall–Kier alpha value is -0.110. The second-order valence-corrected chi connectivity index (χ2v) is 6.02. The van der Waals surface area contributed by atoms with Gasteiger partial charge in [0.2, 0.25) is 0 Å². The molecule has 1 nitrogen and oxygen atoms in total. The van der Waals surface area contributed by atoms with Gasteiger partial charge in [0.25, 0.3) is 0 Å². The summed E-state index contributed by atoms with van der Waals surface area (Å²) in [6.07, 6.45) is 2.51. The molecule has 0 radical (unpaired) electrons. The van der Waals surface area contributed by atoms with Gasteiger partial charge in [-0.15, -0.1) is 0 Å². The predicted octanol–water partition coefficient (Wildman–Crippen LogP) is 5.25. The Bertz CT molecular complexity index is 390. The Balaban J connectivity index is 2.21. The lowest BCUT2D eigenvalue weighted by Gasteiger charge is -2.23. The van der Waals surface area contributed by atoms with E-state index >= 15 is 0 Å². The molecular formula is C12H14Cl3N. The third-order valence-electron chi connectivity index (χ3n) is 3.45. The van der Waals surface area contributed by atoms with Gasteiger partial charge in [0.15, 0.2) is 0 Å². The molecule has 1 aliphatic rings. The number of rotatable bonds is 3. The SMILES string of the molecule is CC(Nc1c(Cl)cc(Cl)cc1Cl)C1(C)CC1. The molecule has 1 N–H and O–H groups in total. The maximum atomic E-state index is 6.12. The van der Waals surface area contributed by atoms with E-state index in [1.165, 1.54) is 12.8 Å². The highest BCUT2D eigenvalue weighted by molar-refractivity contribution is 6.41. The second-order valence-electron chi connectivity index (χ2n) is 4.76. The van der Waals surface area contributed by atoms with Crippen LogP contribution in [0, 0.1) is 5.41 Å². The van der Waals surface area contributed by atoms with Gasteiger partial charge in [-0.3, -0.25) is 0 Å². The van der Waals surface area contributed by atoms with E-state index in [-0.39, 0.29) is 0 Å². The van der Waals surface area contributed by atoms with Gasteiger partial charge in [-0.05, 0) is 37.3 Å². The number of anilines is 1. The van der Waals surface area contributed by atoms with Crippen LogP contribution in [0.2, 0.25) is 15.1 Å². The molecule has 88 valence electrons. The van der Waals surface area contributed by atoms with Gasteiger partial charge in [-0.25, -0.2) is 0 Å². The highest BCUT2D eigenvalue weighted by Crippen LogP contribution is 2.49. The summed E-state index contributed by atoms with van der Waals surface area (Å²) in [6.45, 7) is 4.43. The lowest BCUT2D eigenvalue weighted by atomic mass is 10.0. The van der Waals surface area contributed by atoms with E-state index in [1.807, 2.05) is 0 Å². The molecule has 0 spiro atoms. The van der Waals surface area contributed by atoms with Crippen molar-refractivity contribution in [3.8, 4) is 0 Å². The van der Waals surface area contributed by atoms with E-state index in [2.05, 4.69) is 19.2 Å². The van der Waals surface area contributed by atoms with Crippen LogP contribution in [0.4, 0.5) is 5.69 Å². The van der Waals surface area contributed by atoms with Crippen molar-refractivity contribution in [2.24, 2.45) is 5.41 Å². The summed E-state index contributed by atoms with van der Waals surface area (Å²) in [4.78, 5) is 0. The molecule has 0 saturated heterocycles. The standard InChI is InChI=1S/C12H14Cl3N/c1-7(12(2)3-4-12)16-11-9(14)5-8(13)6-10(11)15/h5-7,16H,3-4H2,1-2H3. The average Bonchev–Trinajstić information content (AvgIpc) is 2.91. The van der Waals surface area contributed by atoms with Gasteiger partial charge in [0.1, 0.15) is 0 Å². The van der Waals surface area contributed by atoms with Gasteiger partial charge >= 0.3 is 0 Å². The fourth-order valence-corrected chi connectivity index (χ4v) is 2.63. The molecule has 0 bridgehead atoms. The van der Waals surface area contributed by atoms with Gasteiger partial charge in [0, 0.05) is 11.1 Å². The Morgan fingerprint density at radius 3 is 2.12 bits per heavy atom. The van der Waals surface area contributed by atoms with Crippen LogP contribution in [0.5, 0.6) is 0 Å². The molecule has 1 aromatic rings. The highest BCUT2D eigenvalue weighted by atomic mass is 35.5. The van der Waals surface area contributed by atoms with Crippen LogP contribution in [0.1, 0.15) is 26.7 Å². The van der Waals surface area contributed by atoms with Crippen molar-refractivity contribution in [2.45, 2.75) is 32.7 Å². The maximum absolute atomic E-state index is 6.12. The van der Waals surface area contributed by atoms with E-state index in [1.54, 1.807) is 12.1 Å². The van der Waals surface area contributed by atoms with Crippen molar-refractivity contribution >= 4 is 40.5 Å². The number of hydrogen-bond donors (Lipinski definition) is 1. The lowest BCUT2D eigenvalue weighted by Crippen LogP contribution is -2.25. The summed E-state index contributed by atoms with van der Waals surface area (Å²) in [5.74, 6) is 0. The molecule has 1 saturated carbocycles. The first-order chi connectivity index (χ1) is 7.42. The van der Waals surface area contributed by atoms with Crippen molar-refractivity contribution in [1.29, 1.82) is 0 Å². The van der Waals surface area contributed by atoms with Crippen molar-refractivity contribution in [1.82, 2.24) is 0 Å². The largest absolute Gasteiger partial charge is 0.380 e. The first-order valence-corrected chi connectivity index (χ1v) is 6.47. The Morgan fingerprint density at radius 1 is 1.19 bits per heavy atom. The normalized spacial score (nSPS) is 19.3. The van der Waals surface area contributed by atoms with Crippen molar-refractivity contribution in [3.63, 3.8) is 0 Å². The first-order valence-electron chi connectivity index (χ1n) is 5.33. The quantitative estimate of drug-likeness (QED) is 0.796. The minimum absolute atomic E-state index is 0.365. The minimum atomic E-state index is 0.365. The maximum Gasteiger partial charge on any atom is 0.0722 e. The molecule has 1 unspecified atom stereocenters. The van der Waals surface area contributed by atoms with E-state index in [9.17, 15) is 0 Å². The molecule has 0 aromatic heterocycles. The smallest absolute Gasteiger partial charge is 0.0722 e. The summed E-state index contributed by atoms with van der Waals surface area (Å²) in [5.41, 5.74) is 1.17. The first kappa shape index (κ1) is 12.3. The van der Waals surface area contributed by atoms with Crippen molar-refractivity contribution < 1.29 is 0 Å². The molecule has 0 amide bonds. The van der Waals surface area contributed by atoms with Gasteiger partial charge in [-0.2, -0.15) is 0 Å². The van der Waals surface area contributed by atoms with Gasteiger partial charge < -0.3 is 5.32 Å². The third kappa shape index (κ3) is 2.42. The number of hydrogen-bond acceptors (Lipinski definition) is 1. The summed E-state index contributed by atoms with van der Waals surface area (Å²) in [5, 5.41) is 5.10. The summed E-state index contributed by atoms with van der Waals surface area (Å²) < 4.78 is 0. The minimum Gasteiger partial charge on any atom is -0.380 e. The molecular weight excluding hydrogens is 264 g/mol. The zero-order valence-corrected chi connectivity index (χ0v) is 11.5. The topological polar surface area (TPSA) is 12.0 Å². The predicted molar refractivity (Wildman–Crippen MR) is 71.9 cm³/mol. The lowest BCUT2D eigenvalue weighted by molar-refractivity contribution is 0.493. The Morgan fingerprint density at radius 2 is 1.69 bits per heavy atom. The fraction of sp³-hybridized carbons (Fsp3) is 0.500. The van der Waals surface area contributed by atoms with Gasteiger partial charge in [0.05, 0.1) is 15.7 Å². The molecule has 0 heterocycles. The molecule has 1 aromatic carbocycles. The molecule has 4 heteroatoms. The van der Waals surface area contributed by atoms with E-state index < -0.39 is 0 Å². The summed E-state index contributed by atoms with van der Waals surface area (Å²) >= 11 is 18.1. The number of benzene rings is 1. The Labute approximate surface area is 111 Å². The number of halogens is 3. The summed E-state index contributed by atoms with van der Waals surface area (Å²) in [7, 11) is 0. The third-order valence-corrected chi connectivity index (χ3v) is 4.27. The number of nitrogens with one attached hydrogen (secondary N) is 1. The second kappa shape index (κ2) is 4.29. The van der Waals surface area contributed by atoms with Crippen LogP contribution < -0.4 is 5.32 Å². The van der Waals surface area contributed by atoms with E-state index in [0.717, 1.165) is 5.69 Å². The van der Waals surface area contributed by atoms with Gasteiger partial charge in [-0.1, -0.05) is 41.7 Å². The van der Waals surface area contributed by atoms with Crippen LogP contribution in [-0.4, -0.2) is 6.04 Å². The average molecular weight is 279 g/mol. The van der Waals surface area contributed by atoms with Crippen LogP contribution in [-0.2, 0) is 0 Å². The van der Waals surface area contributed by atoms with E-state index in [4.69, 9.17) is 34.8 Å². The van der Waals surface area contributed by atoms with Crippen LogP contribution >= 0.6 is 34.8 Å². The zero-order valence-electron chi connectivity index (χ0n) is 9.28. The van der Waals surface area contributed by atoms with Crippen LogP contribution in [0.3, 0.4) is 0 Å². The molecule has 1 atom stereocenters. The van der Waals surface area contributed by atoms with E-state index in [0.29, 0.717) is 26.5 Å². The van der Waals surface area contributed by atoms with Crippen LogP contribution in [0.15, 0.2) is 12.1 Å². The zero-order chi connectivity index (χ0) is 11.9. The van der Waals surface area contributed by atoms with Crippen LogP contribution in [0.25, 0.3) is 0 Å². The fourth-order valence-electron chi connectivity index (χ4n) is 1.70. The molecule has 2 rings (SSSR count). The Kier molecular flexibility index (Phi) is 3.31. The van der Waals surface area contributed by atoms with Crippen molar-refractivity contribution in [2.75, 3.05) is 5.32 Å². The highest BCUT2D eigenvalue weighted by Gasteiger charge is 2.42. The molecule has 1 aliphatic carbocycles. The molecule has 16 heavy (non-hydrogen) atoms. The molecule has 0 aliphatic heterocycles.